The third-order valence-corrected chi connectivity index (χ3v) is 1.79. The Hall–Kier alpha value is -1.02. The van der Waals surface area contributed by atoms with Crippen LogP contribution in [-0.2, 0) is 0 Å². The van der Waals surface area contributed by atoms with Crippen LogP contribution in [0.25, 0.3) is 0 Å². The van der Waals surface area contributed by atoms with E-state index in [1.165, 1.54) is 0 Å². The minimum absolute atomic E-state index is 0.322. The lowest BCUT2D eigenvalue weighted by atomic mass is 10.3. The second kappa shape index (κ2) is 6.49. The van der Waals surface area contributed by atoms with Crippen LogP contribution in [0.3, 0.4) is 0 Å². The standard InChI is InChI=1S/C6H6O.C5H13N/c7-6-4-2-1-3-5-6;1-5(2)6(3)4/h1-5,7H;5H,1-4H3. The highest BCUT2D eigenvalue weighted by Gasteiger charge is 1.90. The molecular formula is C11H19NO. The maximum Gasteiger partial charge on any atom is 0.115 e. The van der Waals surface area contributed by atoms with E-state index in [2.05, 4.69) is 32.8 Å². The lowest BCUT2D eigenvalue weighted by Crippen LogP contribution is -2.20. The molecule has 0 fully saturated rings. The van der Waals surface area contributed by atoms with Crippen LogP contribution in [0.1, 0.15) is 13.8 Å². The molecule has 0 aliphatic rings. The minimum Gasteiger partial charge on any atom is -0.508 e. The Morgan fingerprint density at radius 2 is 1.46 bits per heavy atom. The number of benzene rings is 1. The number of aromatic hydroxyl groups is 1. The molecule has 0 amide bonds. The molecule has 0 saturated heterocycles. The average molecular weight is 181 g/mol. The van der Waals surface area contributed by atoms with Crippen molar-refractivity contribution in [3.05, 3.63) is 30.3 Å². The number of hydrogen-bond acceptors (Lipinski definition) is 2. The number of hydrogen-bond donors (Lipinski definition) is 1. The van der Waals surface area contributed by atoms with Crippen molar-refractivity contribution < 1.29 is 5.11 Å². The van der Waals surface area contributed by atoms with E-state index in [0.717, 1.165) is 0 Å². The van der Waals surface area contributed by atoms with Gasteiger partial charge in [-0.1, -0.05) is 18.2 Å². The molecule has 1 aromatic rings. The lowest BCUT2D eigenvalue weighted by molar-refractivity contribution is 0.335. The van der Waals surface area contributed by atoms with E-state index < -0.39 is 0 Å². The second-order valence-corrected chi connectivity index (χ2v) is 3.39. The third-order valence-electron chi connectivity index (χ3n) is 1.79. The predicted octanol–water partition coefficient (Wildman–Crippen LogP) is 2.35. The number of nitrogens with zero attached hydrogens (tertiary/aromatic N) is 1. The van der Waals surface area contributed by atoms with Crippen LogP contribution >= 0.6 is 0 Å². The van der Waals surface area contributed by atoms with Gasteiger partial charge in [0.15, 0.2) is 0 Å². The highest BCUT2D eigenvalue weighted by molar-refractivity contribution is 5.18. The summed E-state index contributed by atoms with van der Waals surface area (Å²) >= 11 is 0. The van der Waals surface area contributed by atoms with Crippen molar-refractivity contribution in [1.29, 1.82) is 0 Å². The van der Waals surface area contributed by atoms with Gasteiger partial charge in [0.2, 0.25) is 0 Å². The molecule has 0 saturated carbocycles. The maximum atomic E-state index is 8.63. The molecule has 2 heteroatoms. The smallest absolute Gasteiger partial charge is 0.115 e. The first-order valence-corrected chi connectivity index (χ1v) is 4.44. The van der Waals surface area contributed by atoms with Crippen molar-refractivity contribution in [2.45, 2.75) is 19.9 Å². The van der Waals surface area contributed by atoms with Gasteiger partial charge >= 0.3 is 0 Å². The molecule has 1 N–H and O–H groups in total. The topological polar surface area (TPSA) is 23.5 Å². The Bertz CT molecular complexity index is 201. The fourth-order valence-electron chi connectivity index (χ4n) is 0.428. The Kier molecular flexibility index (Phi) is 5.98. The molecule has 74 valence electrons. The molecule has 0 aromatic heterocycles. The van der Waals surface area contributed by atoms with Gasteiger partial charge in [-0.25, -0.2) is 0 Å². The molecule has 0 spiro atoms. The molecule has 0 aliphatic heterocycles. The van der Waals surface area contributed by atoms with Gasteiger partial charge in [-0.15, -0.1) is 0 Å². The third kappa shape index (κ3) is 7.34. The monoisotopic (exact) mass is 181 g/mol. The molecule has 2 nitrogen and oxygen atoms in total. The largest absolute Gasteiger partial charge is 0.508 e. The first-order valence-electron chi connectivity index (χ1n) is 4.44. The number of phenols is 1. The van der Waals surface area contributed by atoms with Crippen molar-refractivity contribution in [1.82, 2.24) is 4.90 Å². The highest BCUT2D eigenvalue weighted by atomic mass is 16.3. The fourth-order valence-corrected chi connectivity index (χ4v) is 0.428. The van der Waals surface area contributed by atoms with E-state index in [9.17, 15) is 0 Å². The lowest BCUT2D eigenvalue weighted by Gasteiger charge is -2.12. The summed E-state index contributed by atoms with van der Waals surface area (Å²) in [5, 5.41) is 8.63. The fraction of sp³-hybridized carbons (Fsp3) is 0.455. The predicted molar refractivity (Wildman–Crippen MR) is 56.9 cm³/mol. The minimum atomic E-state index is 0.322. The van der Waals surface area contributed by atoms with Crippen molar-refractivity contribution in [3.63, 3.8) is 0 Å². The SMILES string of the molecule is CC(C)N(C)C.Oc1ccccc1. The van der Waals surface area contributed by atoms with E-state index in [0.29, 0.717) is 11.8 Å². The van der Waals surface area contributed by atoms with Gasteiger partial charge < -0.3 is 10.0 Å². The number of phenolic OH excluding ortho intramolecular Hbond substituents is 1. The van der Waals surface area contributed by atoms with E-state index in [1.807, 2.05) is 6.07 Å². The second-order valence-electron chi connectivity index (χ2n) is 3.39. The zero-order valence-corrected chi connectivity index (χ0v) is 8.86. The summed E-state index contributed by atoms with van der Waals surface area (Å²) < 4.78 is 0. The zero-order valence-electron chi connectivity index (χ0n) is 8.86. The summed E-state index contributed by atoms with van der Waals surface area (Å²) in [6.45, 7) is 4.33. The summed E-state index contributed by atoms with van der Waals surface area (Å²) in [5.74, 6) is 0.322. The Morgan fingerprint density at radius 1 is 1.08 bits per heavy atom. The Labute approximate surface area is 80.8 Å². The molecule has 0 bridgehead atoms. The molecule has 0 atom stereocenters. The van der Waals surface area contributed by atoms with E-state index >= 15 is 0 Å². The van der Waals surface area contributed by atoms with E-state index in [-0.39, 0.29) is 0 Å². The van der Waals surface area contributed by atoms with Crippen molar-refractivity contribution >= 4 is 0 Å². The van der Waals surface area contributed by atoms with Crippen molar-refractivity contribution in [2.75, 3.05) is 14.1 Å². The Morgan fingerprint density at radius 3 is 1.62 bits per heavy atom. The molecule has 0 heterocycles. The molecule has 1 rings (SSSR count). The van der Waals surface area contributed by atoms with E-state index in [1.54, 1.807) is 24.3 Å². The average Bonchev–Trinajstić information content (AvgIpc) is 2.06. The van der Waals surface area contributed by atoms with Gasteiger partial charge in [-0.05, 0) is 40.1 Å². The maximum absolute atomic E-state index is 8.63. The van der Waals surface area contributed by atoms with Gasteiger partial charge in [-0.3, -0.25) is 0 Å². The van der Waals surface area contributed by atoms with Crippen LogP contribution in [0, 0.1) is 0 Å². The van der Waals surface area contributed by atoms with Gasteiger partial charge in [0.25, 0.3) is 0 Å². The summed E-state index contributed by atoms with van der Waals surface area (Å²) in [7, 11) is 4.15. The number of para-hydroxylation sites is 1. The molecular weight excluding hydrogens is 162 g/mol. The summed E-state index contributed by atoms with van der Waals surface area (Å²) in [6, 6.07) is 9.40. The van der Waals surface area contributed by atoms with Crippen LogP contribution in [0.4, 0.5) is 0 Å². The normalized spacial score (nSPS) is 9.69. The van der Waals surface area contributed by atoms with Crippen LogP contribution < -0.4 is 0 Å². The van der Waals surface area contributed by atoms with Crippen LogP contribution in [-0.4, -0.2) is 30.1 Å². The first kappa shape index (κ1) is 12.0. The van der Waals surface area contributed by atoms with Crippen LogP contribution in [0.2, 0.25) is 0 Å². The molecule has 0 aliphatic carbocycles. The summed E-state index contributed by atoms with van der Waals surface area (Å²) in [6.07, 6.45) is 0. The van der Waals surface area contributed by atoms with Crippen molar-refractivity contribution in [3.8, 4) is 5.75 Å². The molecule has 0 radical (unpaired) electrons. The van der Waals surface area contributed by atoms with E-state index in [4.69, 9.17) is 5.11 Å². The van der Waals surface area contributed by atoms with Crippen molar-refractivity contribution in [2.24, 2.45) is 0 Å². The summed E-state index contributed by atoms with van der Waals surface area (Å²) in [5.41, 5.74) is 0. The molecule has 0 unspecified atom stereocenters. The van der Waals surface area contributed by atoms with Gasteiger partial charge in [0.1, 0.15) is 5.75 Å². The molecule has 1 aromatic carbocycles. The highest BCUT2D eigenvalue weighted by Crippen LogP contribution is 2.02. The van der Waals surface area contributed by atoms with Crippen LogP contribution in [0.15, 0.2) is 30.3 Å². The van der Waals surface area contributed by atoms with Crippen LogP contribution in [0.5, 0.6) is 5.75 Å². The molecule has 13 heavy (non-hydrogen) atoms. The zero-order chi connectivity index (χ0) is 10.3. The first-order chi connectivity index (χ1) is 6.04. The van der Waals surface area contributed by atoms with Gasteiger partial charge in [-0.2, -0.15) is 0 Å². The number of rotatable bonds is 1. The van der Waals surface area contributed by atoms with Gasteiger partial charge in [0, 0.05) is 6.04 Å². The summed E-state index contributed by atoms with van der Waals surface area (Å²) in [4.78, 5) is 2.17. The Balaban J connectivity index is 0.000000226. The quantitative estimate of drug-likeness (QED) is 0.719. The van der Waals surface area contributed by atoms with Gasteiger partial charge in [0.05, 0.1) is 0 Å².